The van der Waals surface area contributed by atoms with E-state index in [9.17, 15) is 4.79 Å². The third-order valence-corrected chi connectivity index (χ3v) is 7.64. The van der Waals surface area contributed by atoms with Crippen LogP contribution in [-0.2, 0) is 13.1 Å². The van der Waals surface area contributed by atoms with Crippen LogP contribution >= 0.6 is 0 Å². The number of pyridine rings is 1. The summed E-state index contributed by atoms with van der Waals surface area (Å²) in [6, 6.07) is 17.6. The van der Waals surface area contributed by atoms with Crippen LogP contribution in [-0.4, -0.2) is 68.3 Å². The first-order valence-corrected chi connectivity index (χ1v) is 13.5. The van der Waals surface area contributed by atoms with Crippen molar-refractivity contribution in [3.63, 3.8) is 0 Å². The lowest BCUT2D eigenvalue weighted by molar-refractivity contribution is 0.0952. The summed E-state index contributed by atoms with van der Waals surface area (Å²) in [5, 5.41) is 13.9. The van der Waals surface area contributed by atoms with Crippen molar-refractivity contribution in [3.05, 3.63) is 105 Å². The number of aromatic amines is 1. The maximum absolute atomic E-state index is 13.7. The minimum atomic E-state index is -0.409. The van der Waals surface area contributed by atoms with Crippen LogP contribution in [0.4, 0.5) is 0 Å². The van der Waals surface area contributed by atoms with E-state index < -0.39 is 6.04 Å². The normalized spacial score (nSPS) is 15.5. The molecule has 0 radical (unpaired) electrons. The summed E-state index contributed by atoms with van der Waals surface area (Å²) in [7, 11) is 1.65. The molecule has 0 bridgehead atoms. The highest BCUT2D eigenvalue weighted by Crippen LogP contribution is 2.29. The van der Waals surface area contributed by atoms with E-state index in [4.69, 9.17) is 9.15 Å². The number of furan rings is 1. The minimum Gasteiger partial charge on any atom is -0.497 e. The van der Waals surface area contributed by atoms with Gasteiger partial charge in [0.15, 0.2) is 5.82 Å². The van der Waals surface area contributed by atoms with Crippen molar-refractivity contribution < 1.29 is 9.15 Å². The van der Waals surface area contributed by atoms with Crippen molar-refractivity contribution in [2.45, 2.75) is 33.0 Å². The van der Waals surface area contributed by atoms with E-state index in [1.807, 2.05) is 49.4 Å². The van der Waals surface area contributed by atoms with Gasteiger partial charge in [0.1, 0.15) is 17.6 Å². The number of piperazine rings is 1. The zero-order valence-electron chi connectivity index (χ0n) is 23.0. The molecule has 5 aromatic rings. The van der Waals surface area contributed by atoms with Crippen LogP contribution < -0.4 is 10.3 Å². The summed E-state index contributed by atoms with van der Waals surface area (Å²) in [5.41, 5.74) is 4.61. The predicted octanol–water partition coefficient (Wildman–Crippen LogP) is 3.69. The second kappa shape index (κ2) is 11.1. The highest BCUT2D eigenvalue weighted by Gasteiger charge is 2.33. The lowest BCUT2D eigenvalue weighted by atomic mass is 10.00. The Hall–Kier alpha value is -4.28. The highest BCUT2D eigenvalue weighted by atomic mass is 16.5. The Morgan fingerprint density at radius 1 is 1.02 bits per heavy atom. The number of ether oxygens (including phenoxy) is 1. The molecule has 10 nitrogen and oxygen atoms in total. The molecule has 2 aromatic carbocycles. The van der Waals surface area contributed by atoms with Gasteiger partial charge in [0.25, 0.3) is 5.56 Å². The first-order chi connectivity index (χ1) is 19.5. The van der Waals surface area contributed by atoms with Gasteiger partial charge in [-0.05, 0) is 77.2 Å². The van der Waals surface area contributed by atoms with E-state index in [-0.39, 0.29) is 5.56 Å². The van der Waals surface area contributed by atoms with Crippen molar-refractivity contribution in [2.24, 2.45) is 0 Å². The van der Waals surface area contributed by atoms with E-state index in [0.29, 0.717) is 17.9 Å². The highest BCUT2D eigenvalue weighted by molar-refractivity contribution is 5.83. The third kappa shape index (κ3) is 5.28. The van der Waals surface area contributed by atoms with Gasteiger partial charge in [0.2, 0.25) is 0 Å². The standard InChI is InChI=1S/C30H33N7O3/c1-20-15-21(2)27-23(16-20)17-26(30(38)31-27)28(36-12-10-35(11-13-36)19-25-5-4-14-40-25)29-32-33-34-37(29)18-22-6-8-24(39-3)9-7-22/h4-9,14-17,28H,10-13,18-19H2,1-3H3,(H,31,38). The topological polar surface area (TPSA) is 105 Å². The first-order valence-electron chi connectivity index (χ1n) is 13.5. The molecule has 40 heavy (non-hydrogen) atoms. The van der Waals surface area contributed by atoms with E-state index in [0.717, 1.165) is 71.8 Å². The fraction of sp³-hybridized carbons (Fsp3) is 0.333. The van der Waals surface area contributed by atoms with Gasteiger partial charge in [0.05, 0.1) is 32.0 Å². The Kier molecular flexibility index (Phi) is 7.19. The quantitative estimate of drug-likeness (QED) is 0.318. The minimum absolute atomic E-state index is 0.124. The Morgan fingerprint density at radius 2 is 1.82 bits per heavy atom. The molecule has 10 heteroatoms. The van der Waals surface area contributed by atoms with Gasteiger partial charge in [-0.25, -0.2) is 4.68 Å². The van der Waals surface area contributed by atoms with Crippen molar-refractivity contribution >= 4 is 10.9 Å². The number of aromatic nitrogens is 5. The second-order valence-electron chi connectivity index (χ2n) is 10.4. The molecule has 206 valence electrons. The number of nitrogens with one attached hydrogen (secondary N) is 1. The summed E-state index contributed by atoms with van der Waals surface area (Å²) in [4.78, 5) is 21.5. The first kappa shape index (κ1) is 26.0. The molecule has 3 aromatic heterocycles. The van der Waals surface area contributed by atoms with Gasteiger partial charge in [-0.2, -0.15) is 0 Å². The van der Waals surface area contributed by atoms with Crippen LogP contribution in [0, 0.1) is 13.8 Å². The molecule has 1 aliphatic rings. The monoisotopic (exact) mass is 539 g/mol. The SMILES string of the molecule is COc1ccc(Cn2nnnc2C(c2cc3cc(C)cc(C)c3[nH]c2=O)N2CCN(Cc3ccco3)CC2)cc1. The van der Waals surface area contributed by atoms with E-state index in [1.165, 1.54) is 0 Å². The average Bonchev–Trinajstić information content (AvgIpc) is 3.63. The zero-order valence-corrected chi connectivity index (χ0v) is 23.0. The van der Waals surface area contributed by atoms with Gasteiger partial charge in [-0.15, -0.1) is 5.10 Å². The Balaban J connectivity index is 1.37. The number of tetrazole rings is 1. The lowest BCUT2D eigenvalue weighted by Crippen LogP contribution is -2.48. The number of fused-ring (bicyclic) bond motifs is 1. The van der Waals surface area contributed by atoms with Crippen LogP contribution in [0.5, 0.6) is 5.75 Å². The van der Waals surface area contributed by atoms with Gasteiger partial charge >= 0.3 is 0 Å². The molecule has 0 amide bonds. The number of hydrogen-bond acceptors (Lipinski definition) is 8. The van der Waals surface area contributed by atoms with Gasteiger partial charge in [-0.3, -0.25) is 14.6 Å². The fourth-order valence-electron chi connectivity index (χ4n) is 5.63. The van der Waals surface area contributed by atoms with E-state index in [1.54, 1.807) is 18.1 Å². The number of methoxy groups -OCH3 is 1. The summed E-state index contributed by atoms with van der Waals surface area (Å²) < 4.78 is 12.7. The van der Waals surface area contributed by atoms with Crippen molar-refractivity contribution in [2.75, 3.05) is 33.3 Å². The van der Waals surface area contributed by atoms with Crippen molar-refractivity contribution in [1.82, 2.24) is 35.0 Å². The number of hydrogen-bond donors (Lipinski definition) is 1. The number of H-pyrrole nitrogens is 1. The molecule has 0 spiro atoms. The molecular formula is C30H33N7O3. The lowest BCUT2D eigenvalue weighted by Gasteiger charge is -2.38. The Bertz CT molecular complexity index is 1650. The summed E-state index contributed by atoms with van der Waals surface area (Å²) in [6.07, 6.45) is 1.71. The molecule has 4 heterocycles. The maximum Gasteiger partial charge on any atom is 0.253 e. The average molecular weight is 540 g/mol. The molecule has 1 unspecified atom stereocenters. The Labute approximate surface area is 232 Å². The second-order valence-corrected chi connectivity index (χ2v) is 10.4. The molecule has 1 N–H and O–H groups in total. The number of aryl methyl sites for hydroxylation is 2. The van der Waals surface area contributed by atoms with Gasteiger partial charge in [-0.1, -0.05) is 23.8 Å². The smallest absolute Gasteiger partial charge is 0.253 e. The van der Waals surface area contributed by atoms with Crippen molar-refractivity contribution in [1.29, 1.82) is 0 Å². The predicted molar refractivity (Wildman–Crippen MR) is 151 cm³/mol. The zero-order chi connectivity index (χ0) is 27.6. The van der Waals surface area contributed by atoms with Crippen LogP contribution in [0.15, 0.2) is 70.1 Å². The Morgan fingerprint density at radius 3 is 2.55 bits per heavy atom. The van der Waals surface area contributed by atoms with Crippen LogP contribution in [0.25, 0.3) is 10.9 Å². The van der Waals surface area contributed by atoms with Gasteiger partial charge in [0, 0.05) is 31.7 Å². The molecule has 1 aliphatic heterocycles. The third-order valence-electron chi connectivity index (χ3n) is 7.64. The largest absolute Gasteiger partial charge is 0.497 e. The molecule has 0 saturated carbocycles. The molecule has 6 rings (SSSR count). The van der Waals surface area contributed by atoms with Crippen LogP contribution in [0.1, 0.15) is 39.9 Å². The maximum atomic E-state index is 13.7. The van der Waals surface area contributed by atoms with E-state index in [2.05, 4.69) is 49.4 Å². The number of rotatable bonds is 8. The van der Waals surface area contributed by atoms with Crippen LogP contribution in [0.2, 0.25) is 0 Å². The molecule has 1 atom stereocenters. The van der Waals surface area contributed by atoms with Crippen molar-refractivity contribution in [3.8, 4) is 5.75 Å². The summed E-state index contributed by atoms with van der Waals surface area (Å²) in [5.74, 6) is 2.38. The van der Waals surface area contributed by atoms with E-state index >= 15 is 0 Å². The van der Waals surface area contributed by atoms with Gasteiger partial charge < -0.3 is 14.1 Å². The number of nitrogens with zero attached hydrogens (tertiary/aromatic N) is 6. The molecule has 1 saturated heterocycles. The number of benzene rings is 2. The summed E-state index contributed by atoms with van der Waals surface area (Å²) in [6.45, 7) is 8.51. The van der Waals surface area contributed by atoms with Crippen LogP contribution in [0.3, 0.4) is 0 Å². The molecule has 1 fully saturated rings. The molecular weight excluding hydrogens is 506 g/mol. The molecule has 0 aliphatic carbocycles. The fourth-order valence-corrected chi connectivity index (χ4v) is 5.63. The summed E-state index contributed by atoms with van der Waals surface area (Å²) >= 11 is 0.